The summed E-state index contributed by atoms with van der Waals surface area (Å²) in [6.45, 7) is 5.52. The van der Waals surface area contributed by atoms with Crippen LogP contribution in [0.4, 0.5) is 4.39 Å². The average molecular weight is 252 g/mol. The minimum Gasteiger partial charge on any atom is -0.377 e. The highest BCUT2D eigenvalue weighted by Crippen LogP contribution is 2.15. The minimum absolute atomic E-state index is 0.147. The molecule has 1 heterocycles. The van der Waals surface area contributed by atoms with E-state index in [1.807, 2.05) is 6.07 Å². The molecule has 2 rings (SSSR count). The molecule has 1 aliphatic heterocycles. The van der Waals surface area contributed by atoms with Crippen LogP contribution in [0.25, 0.3) is 0 Å². The summed E-state index contributed by atoms with van der Waals surface area (Å²) >= 11 is 0. The normalized spacial score (nSPS) is 23.6. The fourth-order valence-corrected chi connectivity index (χ4v) is 2.37. The van der Waals surface area contributed by atoms with Gasteiger partial charge in [0.1, 0.15) is 5.82 Å². The smallest absolute Gasteiger partial charge is 0.123 e. The van der Waals surface area contributed by atoms with Gasteiger partial charge in [-0.3, -0.25) is 4.90 Å². The molecular formula is C14H21FN2O. The number of halogens is 1. The van der Waals surface area contributed by atoms with Crippen molar-refractivity contribution in [1.82, 2.24) is 4.90 Å². The molecule has 0 aromatic heterocycles. The van der Waals surface area contributed by atoms with Crippen LogP contribution in [-0.4, -0.2) is 37.2 Å². The Morgan fingerprint density at radius 1 is 1.56 bits per heavy atom. The molecule has 2 N–H and O–H groups in total. The largest absolute Gasteiger partial charge is 0.377 e. The fraction of sp³-hybridized carbons (Fsp3) is 0.571. The maximum atomic E-state index is 13.1. The number of hydrogen-bond donors (Lipinski definition) is 1. The van der Waals surface area contributed by atoms with Crippen molar-refractivity contribution in [3.63, 3.8) is 0 Å². The van der Waals surface area contributed by atoms with Gasteiger partial charge in [-0.25, -0.2) is 4.39 Å². The summed E-state index contributed by atoms with van der Waals surface area (Å²) < 4.78 is 18.7. The molecule has 2 atom stereocenters. The second-order valence-electron chi connectivity index (χ2n) is 4.96. The zero-order valence-corrected chi connectivity index (χ0v) is 10.8. The van der Waals surface area contributed by atoms with Crippen molar-refractivity contribution in [2.45, 2.75) is 25.5 Å². The number of benzene rings is 1. The van der Waals surface area contributed by atoms with E-state index in [9.17, 15) is 4.39 Å². The molecule has 1 fully saturated rings. The lowest BCUT2D eigenvalue weighted by atomic mass is 10.1. The van der Waals surface area contributed by atoms with Gasteiger partial charge >= 0.3 is 0 Å². The molecule has 0 saturated carbocycles. The van der Waals surface area contributed by atoms with Crippen molar-refractivity contribution in [2.75, 3.05) is 26.2 Å². The van der Waals surface area contributed by atoms with Gasteiger partial charge < -0.3 is 10.5 Å². The van der Waals surface area contributed by atoms with Gasteiger partial charge in [-0.1, -0.05) is 12.1 Å². The highest BCUT2D eigenvalue weighted by atomic mass is 19.1. The Hall–Kier alpha value is -0.970. The lowest BCUT2D eigenvalue weighted by molar-refractivity contribution is 0.0670. The molecular weight excluding hydrogens is 231 g/mol. The molecule has 0 radical (unpaired) electrons. The van der Waals surface area contributed by atoms with E-state index in [0.717, 1.165) is 38.2 Å². The third-order valence-electron chi connectivity index (χ3n) is 3.27. The van der Waals surface area contributed by atoms with Crippen molar-refractivity contribution in [3.8, 4) is 0 Å². The van der Waals surface area contributed by atoms with E-state index < -0.39 is 0 Å². The van der Waals surface area contributed by atoms with Crippen molar-refractivity contribution < 1.29 is 9.13 Å². The van der Waals surface area contributed by atoms with Crippen LogP contribution >= 0.6 is 0 Å². The molecule has 1 aromatic carbocycles. The monoisotopic (exact) mass is 252 g/mol. The SMILES string of the molecule is CC1CN(CC(N)c2cccc(F)c2)CCCO1. The van der Waals surface area contributed by atoms with E-state index in [1.165, 1.54) is 12.1 Å². The van der Waals surface area contributed by atoms with E-state index >= 15 is 0 Å². The summed E-state index contributed by atoms with van der Waals surface area (Å²) in [6.07, 6.45) is 1.27. The summed E-state index contributed by atoms with van der Waals surface area (Å²) in [6, 6.07) is 6.40. The molecule has 0 spiro atoms. The summed E-state index contributed by atoms with van der Waals surface area (Å²) in [4.78, 5) is 2.30. The van der Waals surface area contributed by atoms with Crippen LogP contribution in [0.5, 0.6) is 0 Å². The summed E-state index contributed by atoms with van der Waals surface area (Å²) in [5.74, 6) is -0.226. The summed E-state index contributed by atoms with van der Waals surface area (Å²) in [7, 11) is 0. The molecule has 1 aliphatic rings. The van der Waals surface area contributed by atoms with Crippen molar-refractivity contribution in [3.05, 3.63) is 35.6 Å². The Balaban J connectivity index is 1.95. The van der Waals surface area contributed by atoms with Gasteiger partial charge in [0.05, 0.1) is 6.10 Å². The van der Waals surface area contributed by atoms with Crippen LogP contribution in [0, 0.1) is 5.82 Å². The maximum Gasteiger partial charge on any atom is 0.123 e. The molecule has 3 nitrogen and oxygen atoms in total. The first-order valence-electron chi connectivity index (χ1n) is 6.50. The lowest BCUT2D eigenvalue weighted by Gasteiger charge is -2.25. The van der Waals surface area contributed by atoms with Crippen molar-refractivity contribution >= 4 is 0 Å². The predicted molar refractivity (Wildman–Crippen MR) is 69.8 cm³/mol. The van der Waals surface area contributed by atoms with Gasteiger partial charge in [0.25, 0.3) is 0 Å². The van der Waals surface area contributed by atoms with E-state index in [2.05, 4.69) is 11.8 Å². The van der Waals surface area contributed by atoms with Crippen LogP contribution < -0.4 is 5.73 Å². The molecule has 1 aromatic rings. The van der Waals surface area contributed by atoms with Crippen LogP contribution in [0.3, 0.4) is 0 Å². The van der Waals surface area contributed by atoms with Gasteiger partial charge in [0.15, 0.2) is 0 Å². The molecule has 0 bridgehead atoms. The molecule has 1 saturated heterocycles. The van der Waals surface area contributed by atoms with Gasteiger partial charge in [-0.2, -0.15) is 0 Å². The van der Waals surface area contributed by atoms with Crippen molar-refractivity contribution in [1.29, 1.82) is 0 Å². The van der Waals surface area contributed by atoms with Crippen LogP contribution in [-0.2, 0) is 4.74 Å². The Morgan fingerprint density at radius 2 is 2.39 bits per heavy atom. The van der Waals surface area contributed by atoms with Crippen LogP contribution in [0.15, 0.2) is 24.3 Å². The highest BCUT2D eigenvalue weighted by molar-refractivity contribution is 5.20. The highest BCUT2D eigenvalue weighted by Gasteiger charge is 2.18. The maximum absolute atomic E-state index is 13.1. The Morgan fingerprint density at radius 3 is 3.17 bits per heavy atom. The Kier molecular flexibility index (Phi) is 4.69. The number of rotatable bonds is 3. The van der Waals surface area contributed by atoms with E-state index in [4.69, 9.17) is 10.5 Å². The second kappa shape index (κ2) is 6.27. The first-order chi connectivity index (χ1) is 8.65. The minimum atomic E-state index is -0.226. The molecule has 4 heteroatoms. The zero-order chi connectivity index (χ0) is 13.0. The van der Waals surface area contributed by atoms with E-state index in [-0.39, 0.29) is 18.0 Å². The Labute approximate surface area is 108 Å². The van der Waals surface area contributed by atoms with Gasteiger partial charge in [-0.15, -0.1) is 0 Å². The average Bonchev–Trinajstić information content (AvgIpc) is 2.53. The second-order valence-corrected chi connectivity index (χ2v) is 4.96. The van der Waals surface area contributed by atoms with Gasteiger partial charge in [-0.05, 0) is 31.0 Å². The molecule has 0 aliphatic carbocycles. The number of nitrogens with zero attached hydrogens (tertiary/aromatic N) is 1. The third kappa shape index (κ3) is 3.77. The zero-order valence-electron chi connectivity index (χ0n) is 10.8. The number of ether oxygens (including phenoxy) is 1. The topological polar surface area (TPSA) is 38.5 Å². The number of nitrogens with two attached hydrogens (primary N) is 1. The molecule has 0 amide bonds. The van der Waals surface area contributed by atoms with E-state index in [0.29, 0.717) is 0 Å². The van der Waals surface area contributed by atoms with Crippen LogP contribution in [0.1, 0.15) is 24.9 Å². The lowest BCUT2D eigenvalue weighted by Crippen LogP contribution is -2.36. The summed E-state index contributed by atoms with van der Waals surface area (Å²) in [5.41, 5.74) is 7.00. The number of hydrogen-bond acceptors (Lipinski definition) is 3. The predicted octanol–water partition coefficient (Wildman–Crippen LogP) is 1.94. The van der Waals surface area contributed by atoms with Crippen LogP contribution in [0.2, 0.25) is 0 Å². The quantitative estimate of drug-likeness (QED) is 0.893. The van der Waals surface area contributed by atoms with E-state index in [1.54, 1.807) is 6.07 Å². The molecule has 2 unspecified atom stereocenters. The standard InChI is InChI=1S/C14H21FN2O/c1-11-9-17(6-3-7-18-11)10-14(16)12-4-2-5-13(15)8-12/h2,4-5,8,11,14H,3,6-7,9-10,16H2,1H3. The first kappa shape index (κ1) is 13.5. The Bertz CT molecular complexity index is 386. The summed E-state index contributed by atoms with van der Waals surface area (Å²) in [5, 5.41) is 0. The fourth-order valence-electron chi connectivity index (χ4n) is 2.37. The molecule has 18 heavy (non-hydrogen) atoms. The van der Waals surface area contributed by atoms with Crippen molar-refractivity contribution in [2.24, 2.45) is 5.73 Å². The molecule has 100 valence electrons. The first-order valence-corrected chi connectivity index (χ1v) is 6.50. The van der Waals surface area contributed by atoms with Gasteiger partial charge in [0.2, 0.25) is 0 Å². The van der Waals surface area contributed by atoms with Gasteiger partial charge in [0, 0.05) is 32.3 Å². The third-order valence-corrected chi connectivity index (χ3v) is 3.27.